The Hall–Kier alpha value is -1.17. The average molecular weight is 174 g/mol. The van der Waals surface area contributed by atoms with Crippen LogP contribution in [0.2, 0.25) is 0 Å². The number of carbonyl (C=O) groups excluding carboxylic acids is 1. The van der Waals surface area contributed by atoms with Crippen LogP contribution >= 0.6 is 0 Å². The maximum absolute atomic E-state index is 10.8. The Labute approximate surface area is 63.3 Å². The third-order valence-corrected chi connectivity index (χ3v) is 2.20. The van der Waals surface area contributed by atoms with Gasteiger partial charge in [0, 0.05) is 6.26 Å². The quantitative estimate of drug-likeness (QED) is 0.620. The first-order chi connectivity index (χ1) is 5.05. The largest absolute Gasteiger partial charge is 0.298 e. The Morgan fingerprint density at radius 3 is 2.64 bits per heavy atom. The lowest BCUT2D eigenvalue weighted by Gasteiger charge is -1.90. The van der Waals surface area contributed by atoms with Crippen molar-refractivity contribution in [2.45, 2.75) is 5.03 Å². The normalized spacial score (nSPS) is 11.4. The molecular weight excluding hydrogens is 168 g/mol. The Kier molecular flexibility index (Phi) is 1.77. The number of carbonyl (C=O) groups is 1. The molecule has 0 aliphatic carbocycles. The fourth-order valence-corrected chi connectivity index (χ4v) is 1.41. The van der Waals surface area contributed by atoms with Gasteiger partial charge in [-0.25, -0.2) is 8.42 Å². The van der Waals surface area contributed by atoms with Gasteiger partial charge in [0.1, 0.15) is 0 Å². The van der Waals surface area contributed by atoms with E-state index in [1.807, 2.05) is 0 Å². The van der Waals surface area contributed by atoms with Crippen molar-refractivity contribution in [3.8, 4) is 0 Å². The fourth-order valence-electron chi connectivity index (χ4n) is 0.665. The van der Waals surface area contributed by atoms with Crippen molar-refractivity contribution in [2.24, 2.45) is 0 Å². The minimum absolute atomic E-state index is 0.0625. The van der Waals surface area contributed by atoms with Gasteiger partial charge in [0.2, 0.25) is 0 Å². The minimum Gasteiger partial charge on any atom is -0.298 e. The predicted molar refractivity (Wildman–Crippen MR) is 37.1 cm³/mol. The van der Waals surface area contributed by atoms with Crippen molar-refractivity contribution in [3.05, 3.63) is 11.8 Å². The molecule has 0 radical (unpaired) electrons. The molecule has 0 atom stereocenters. The topological polar surface area (TPSA) is 79.9 Å². The van der Waals surface area contributed by atoms with Crippen LogP contribution in [0.1, 0.15) is 10.4 Å². The van der Waals surface area contributed by atoms with Crippen molar-refractivity contribution in [1.82, 2.24) is 10.2 Å². The number of H-pyrrole nitrogens is 1. The SMILES string of the molecule is CS(=O)(=O)c1[nH]ncc1C=O. The lowest BCUT2D eigenvalue weighted by Crippen LogP contribution is -2.00. The summed E-state index contributed by atoms with van der Waals surface area (Å²) in [6.07, 6.45) is 2.62. The molecule has 1 aromatic heterocycles. The van der Waals surface area contributed by atoms with Crippen LogP contribution in [0.5, 0.6) is 0 Å². The van der Waals surface area contributed by atoms with Crippen LogP contribution in [0.4, 0.5) is 0 Å². The number of nitrogens with zero attached hydrogens (tertiary/aromatic N) is 1. The first-order valence-corrected chi connectivity index (χ1v) is 4.63. The predicted octanol–water partition coefficient (Wildman–Crippen LogP) is -0.374. The lowest BCUT2D eigenvalue weighted by molar-refractivity contribution is 0.112. The van der Waals surface area contributed by atoms with E-state index in [9.17, 15) is 13.2 Å². The molecule has 1 rings (SSSR count). The molecule has 0 fully saturated rings. The molecule has 0 unspecified atom stereocenters. The molecule has 0 saturated carbocycles. The lowest BCUT2D eigenvalue weighted by atomic mass is 10.4. The molecule has 5 nitrogen and oxygen atoms in total. The molecule has 1 heterocycles. The third-order valence-electron chi connectivity index (χ3n) is 1.13. The van der Waals surface area contributed by atoms with E-state index >= 15 is 0 Å². The number of aromatic amines is 1. The first kappa shape index (κ1) is 7.93. The van der Waals surface area contributed by atoms with Crippen molar-refractivity contribution in [1.29, 1.82) is 0 Å². The second kappa shape index (κ2) is 2.46. The van der Waals surface area contributed by atoms with Gasteiger partial charge < -0.3 is 0 Å². The summed E-state index contributed by atoms with van der Waals surface area (Å²) >= 11 is 0. The van der Waals surface area contributed by atoms with E-state index in [-0.39, 0.29) is 10.6 Å². The number of aldehydes is 1. The summed E-state index contributed by atoms with van der Waals surface area (Å²) in [6.45, 7) is 0. The molecule has 1 aromatic rings. The molecule has 1 N–H and O–H groups in total. The van der Waals surface area contributed by atoms with Gasteiger partial charge in [-0.3, -0.25) is 9.89 Å². The van der Waals surface area contributed by atoms with E-state index in [2.05, 4.69) is 10.2 Å². The van der Waals surface area contributed by atoms with Gasteiger partial charge in [-0.1, -0.05) is 0 Å². The van der Waals surface area contributed by atoms with Crippen LogP contribution in [0, 0.1) is 0 Å². The zero-order valence-electron chi connectivity index (χ0n) is 5.73. The summed E-state index contributed by atoms with van der Waals surface area (Å²) in [7, 11) is -3.35. The summed E-state index contributed by atoms with van der Waals surface area (Å²) < 4.78 is 21.7. The third kappa shape index (κ3) is 1.45. The molecule has 6 heteroatoms. The van der Waals surface area contributed by atoms with Crippen LogP contribution in [-0.4, -0.2) is 31.2 Å². The molecule has 0 spiro atoms. The number of aromatic nitrogens is 2. The van der Waals surface area contributed by atoms with E-state index in [1.54, 1.807) is 0 Å². The maximum atomic E-state index is 10.8. The standard InChI is InChI=1S/C5H6N2O3S/c1-11(9,10)5-4(3-8)2-6-7-5/h2-3H,1H3,(H,6,7). The number of rotatable bonds is 2. The smallest absolute Gasteiger partial charge is 0.192 e. The van der Waals surface area contributed by atoms with Crippen molar-refractivity contribution >= 4 is 16.1 Å². The maximum Gasteiger partial charge on any atom is 0.192 e. The molecular formula is C5H6N2O3S. The first-order valence-electron chi connectivity index (χ1n) is 2.74. The van der Waals surface area contributed by atoms with E-state index < -0.39 is 9.84 Å². The van der Waals surface area contributed by atoms with Crippen molar-refractivity contribution in [3.63, 3.8) is 0 Å². The Morgan fingerprint density at radius 2 is 2.27 bits per heavy atom. The summed E-state index contributed by atoms with van der Waals surface area (Å²) in [6, 6.07) is 0. The van der Waals surface area contributed by atoms with Crippen LogP contribution in [0.15, 0.2) is 11.2 Å². The van der Waals surface area contributed by atoms with Gasteiger partial charge in [-0.2, -0.15) is 5.10 Å². The number of hydrogen-bond donors (Lipinski definition) is 1. The molecule has 0 bridgehead atoms. The van der Waals surface area contributed by atoms with Crippen LogP contribution < -0.4 is 0 Å². The van der Waals surface area contributed by atoms with Gasteiger partial charge in [0.05, 0.1) is 11.8 Å². The van der Waals surface area contributed by atoms with Crippen molar-refractivity contribution in [2.75, 3.05) is 6.26 Å². The van der Waals surface area contributed by atoms with E-state index in [0.717, 1.165) is 6.26 Å². The fraction of sp³-hybridized carbons (Fsp3) is 0.200. The van der Waals surface area contributed by atoms with Crippen LogP contribution in [0.3, 0.4) is 0 Å². The monoisotopic (exact) mass is 174 g/mol. The molecule has 0 aliphatic rings. The number of nitrogens with one attached hydrogen (secondary N) is 1. The van der Waals surface area contributed by atoms with E-state index in [4.69, 9.17) is 0 Å². The Bertz CT molecular complexity index is 365. The van der Waals surface area contributed by atoms with Crippen molar-refractivity contribution < 1.29 is 13.2 Å². The summed E-state index contributed by atoms with van der Waals surface area (Å²) in [4.78, 5) is 10.2. The highest BCUT2D eigenvalue weighted by atomic mass is 32.2. The van der Waals surface area contributed by atoms with Gasteiger partial charge in [-0.15, -0.1) is 0 Å². The van der Waals surface area contributed by atoms with E-state index in [1.165, 1.54) is 6.20 Å². The summed E-state index contributed by atoms with van der Waals surface area (Å²) in [5.74, 6) is 0. The Balaban J connectivity index is 3.35. The molecule has 60 valence electrons. The average Bonchev–Trinajstić information content (AvgIpc) is 2.31. The van der Waals surface area contributed by atoms with Gasteiger partial charge >= 0.3 is 0 Å². The van der Waals surface area contributed by atoms with E-state index in [0.29, 0.717) is 6.29 Å². The highest BCUT2D eigenvalue weighted by Gasteiger charge is 2.14. The van der Waals surface area contributed by atoms with Crippen LogP contribution in [0.25, 0.3) is 0 Å². The minimum atomic E-state index is -3.35. The van der Waals surface area contributed by atoms with Gasteiger partial charge in [0.25, 0.3) is 0 Å². The van der Waals surface area contributed by atoms with Crippen LogP contribution in [-0.2, 0) is 9.84 Å². The highest BCUT2D eigenvalue weighted by molar-refractivity contribution is 7.90. The zero-order chi connectivity index (χ0) is 8.48. The molecule has 0 amide bonds. The number of sulfone groups is 1. The zero-order valence-corrected chi connectivity index (χ0v) is 6.55. The van der Waals surface area contributed by atoms with Gasteiger partial charge in [-0.05, 0) is 0 Å². The molecule has 0 saturated heterocycles. The molecule has 0 aliphatic heterocycles. The summed E-state index contributed by atoms with van der Waals surface area (Å²) in [5, 5.41) is 5.52. The molecule has 0 aromatic carbocycles. The van der Waals surface area contributed by atoms with Gasteiger partial charge in [0.15, 0.2) is 21.1 Å². The summed E-state index contributed by atoms with van der Waals surface area (Å²) in [5.41, 5.74) is 0.0625. The molecule has 11 heavy (non-hydrogen) atoms. The second-order valence-electron chi connectivity index (χ2n) is 2.04. The number of hydrogen-bond acceptors (Lipinski definition) is 4. The Morgan fingerprint density at radius 1 is 1.64 bits per heavy atom. The second-order valence-corrected chi connectivity index (χ2v) is 4.00. The highest BCUT2D eigenvalue weighted by Crippen LogP contribution is 2.07.